The number of fused-ring (bicyclic) bond motifs is 3. The summed E-state index contributed by atoms with van der Waals surface area (Å²) in [6.07, 6.45) is 3.02. The summed E-state index contributed by atoms with van der Waals surface area (Å²) in [6.45, 7) is 5.33. The van der Waals surface area contributed by atoms with E-state index in [-0.39, 0.29) is 12.2 Å². The van der Waals surface area contributed by atoms with Crippen molar-refractivity contribution in [2.24, 2.45) is 5.92 Å². The molecule has 4 nitrogen and oxygen atoms in total. The molecule has 2 bridgehead atoms. The molecule has 3 saturated heterocycles. The molecule has 5 heteroatoms. The summed E-state index contributed by atoms with van der Waals surface area (Å²) in [5.41, 5.74) is 3.28. The van der Waals surface area contributed by atoms with E-state index in [2.05, 4.69) is 41.4 Å². The number of rotatable bonds is 4. The number of hydrogen-bond acceptors (Lipinski definition) is 4. The summed E-state index contributed by atoms with van der Waals surface area (Å²) < 4.78 is 5.74. The predicted molar refractivity (Wildman–Crippen MR) is 102 cm³/mol. The van der Waals surface area contributed by atoms with Crippen LogP contribution in [-0.2, 0) is 11.2 Å². The number of aryl methyl sites for hydroxylation is 1. The van der Waals surface area contributed by atoms with Crippen LogP contribution in [0, 0.1) is 5.92 Å². The quantitative estimate of drug-likeness (QED) is 0.869. The largest absolute Gasteiger partial charge is 0.444 e. The number of carbonyl (C=O) groups excluding carboxylic acids is 1. The highest BCUT2D eigenvalue weighted by Gasteiger charge is 2.36. The van der Waals surface area contributed by atoms with Crippen molar-refractivity contribution in [3.05, 3.63) is 41.3 Å². The van der Waals surface area contributed by atoms with Gasteiger partial charge in [-0.05, 0) is 60.8 Å². The lowest BCUT2D eigenvalue weighted by atomic mass is 9.86. The maximum atomic E-state index is 12.4. The van der Waals surface area contributed by atoms with Gasteiger partial charge in [-0.2, -0.15) is 0 Å². The van der Waals surface area contributed by atoms with E-state index in [0.29, 0.717) is 5.92 Å². The van der Waals surface area contributed by atoms with Crippen LogP contribution in [0.15, 0.2) is 35.7 Å². The van der Waals surface area contributed by atoms with Gasteiger partial charge in [-0.1, -0.05) is 31.2 Å². The Kier molecular flexibility index (Phi) is 4.77. The monoisotopic (exact) mass is 356 g/mol. The van der Waals surface area contributed by atoms with Crippen LogP contribution < -0.4 is 5.32 Å². The van der Waals surface area contributed by atoms with E-state index in [1.165, 1.54) is 5.56 Å². The molecule has 2 aromatic rings. The van der Waals surface area contributed by atoms with Gasteiger partial charge in [0.05, 0.1) is 10.6 Å². The molecule has 1 aromatic heterocycles. The van der Waals surface area contributed by atoms with Crippen LogP contribution in [0.2, 0.25) is 0 Å². The fourth-order valence-corrected chi connectivity index (χ4v) is 4.70. The van der Waals surface area contributed by atoms with Crippen LogP contribution in [0.25, 0.3) is 10.4 Å². The highest BCUT2D eigenvalue weighted by molar-refractivity contribution is 7.14. The lowest BCUT2D eigenvalue weighted by Gasteiger charge is -2.43. The molecule has 1 N–H and O–H groups in total. The van der Waals surface area contributed by atoms with Crippen LogP contribution >= 0.6 is 11.3 Å². The molecule has 0 spiro atoms. The van der Waals surface area contributed by atoms with Crippen LogP contribution in [0.4, 0.5) is 10.5 Å². The van der Waals surface area contributed by atoms with E-state index in [0.717, 1.165) is 55.0 Å². The molecule has 5 rings (SSSR count). The van der Waals surface area contributed by atoms with Gasteiger partial charge >= 0.3 is 6.09 Å². The van der Waals surface area contributed by atoms with Crippen molar-refractivity contribution < 1.29 is 9.53 Å². The van der Waals surface area contributed by atoms with E-state index in [1.807, 2.05) is 11.4 Å². The molecule has 1 amide bonds. The number of amides is 1. The number of thiophene rings is 1. The molecular weight excluding hydrogens is 332 g/mol. The molecule has 3 fully saturated rings. The minimum atomic E-state index is -0.330. The van der Waals surface area contributed by atoms with E-state index in [4.69, 9.17) is 4.74 Å². The summed E-state index contributed by atoms with van der Waals surface area (Å²) in [7, 11) is 0. The number of benzene rings is 1. The second-order valence-corrected chi connectivity index (χ2v) is 7.84. The topological polar surface area (TPSA) is 41.6 Å². The Bertz CT molecular complexity index is 732. The zero-order valence-corrected chi connectivity index (χ0v) is 15.3. The van der Waals surface area contributed by atoms with Gasteiger partial charge < -0.3 is 4.74 Å². The van der Waals surface area contributed by atoms with Crippen LogP contribution in [0.3, 0.4) is 0 Å². The minimum absolute atomic E-state index is 0.0356. The lowest BCUT2D eigenvalue weighted by Crippen LogP contribution is -2.52. The number of ether oxygens (including phenoxy) is 1. The van der Waals surface area contributed by atoms with Crippen molar-refractivity contribution in [1.29, 1.82) is 0 Å². The van der Waals surface area contributed by atoms with Crippen molar-refractivity contribution in [1.82, 2.24) is 4.90 Å². The third-order valence-electron chi connectivity index (χ3n) is 5.38. The molecule has 0 aliphatic carbocycles. The Morgan fingerprint density at radius 3 is 2.64 bits per heavy atom. The number of anilines is 1. The molecule has 3 aliphatic rings. The van der Waals surface area contributed by atoms with Crippen molar-refractivity contribution in [2.75, 3.05) is 25.0 Å². The summed E-state index contributed by atoms with van der Waals surface area (Å²) in [5.74, 6) is 0.527. The van der Waals surface area contributed by atoms with E-state index >= 15 is 0 Å². The van der Waals surface area contributed by atoms with Gasteiger partial charge in [0.25, 0.3) is 0 Å². The van der Waals surface area contributed by atoms with Crippen LogP contribution in [0.1, 0.15) is 25.3 Å². The first kappa shape index (κ1) is 16.6. The summed E-state index contributed by atoms with van der Waals surface area (Å²) >= 11 is 1.64. The average molecular weight is 356 g/mol. The number of hydrogen-bond donors (Lipinski definition) is 1. The van der Waals surface area contributed by atoms with Crippen LogP contribution in [-0.4, -0.2) is 36.7 Å². The van der Waals surface area contributed by atoms with Gasteiger partial charge in [0, 0.05) is 6.54 Å². The van der Waals surface area contributed by atoms with Gasteiger partial charge in [0.15, 0.2) is 0 Å². The smallest absolute Gasteiger partial charge is 0.411 e. The first-order chi connectivity index (χ1) is 12.2. The summed E-state index contributed by atoms with van der Waals surface area (Å²) in [5, 5.41) is 4.96. The molecule has 1 atom stereocenters. The molecule has 132 valence electrons. The van der Waals surface area contributed by atoms with Gasteiger partial charge in [-0.25, -0.2) is 4.79 Å². The van der Waals surface area contributed by atoms with Gasteiger partial charge in [-0.3, -0.25) is 10.2 Å². The van der Waals surface area contributed by atoms with Gasteiger partial charge in [0.2, 0.25) is 0 Å². The first-order valence-corrected chi connectivity index (χ1v) is 9.97. The Morgan fingerprint density at radius 2 is 2.00 bits per heavy atom. The zero-order chi connectivity index (χ0) is 17.2. The lowest BCUT2D eigenvalue weighted by molar-refractivity contribution is -0.0289. The maximum absolute atomic E-state index is 12.4. The fourth-order valence-electron chi connectivity index (χ4n) is 3.84. The summed E-state index contributed by atoms with van der Waals surface area (Å²) in [4.78, 5) is 15.9. The Hall–Kier alpha value is -1.85. The van der Waals surface area contributed by atoms with E-state index < -0.39 is 0 Å². The SMILES string of the molecule is CCc1ccc(-c2sccc2NC(=O)OC2CN3CCC2CC3)cc1. The highest BCUT2D eigenvalue weighted by Crippen LogP contribution is 2.34. The normalized spacial score (nSPS) is 24.9. The van der Waals surface area contributed by atoms with Crippen molar-refractivity contribution in [2.45, 2.75) is 32.3 Å². The maximum Gasteiger partial charge on any atom is 0.411 e. The fraction of sp³-hybridized carbons (Fsp3) is 0.450. The molecular formula is C20H24N2O2S. The molecule has 1 aromatic carbocycles. The average Bonchev–Trinajstić information content (AvgIpc) is 3.10. The molecule has 0 radical (unpaired) electrons. The summed E-state index contributed by atoms with van der Waals surface area (Å²) in [6, 6.07) is 10.5. The van der Waals surface area contributed by atoms with Crippen molar-refractivity contribution >= 4 is 23.1 Å². The predicted octanol–water partition coefficient (Wildman–Crippen LogP) is 4.62. The van der Waals surface area contributed by atoms with E-state index in [1.54, 1.807) is 11.3 Å². The van der Waals surface area contributed by atoms with Crippen LogP contribution in [0.5, 0.6) is 0 Å². The van der Waals surface area contributed by atoms with Crippen molar-refractivity contribution in [3.8, 4) is 10.4 Å². The Labute approximate surface area is 152 Å². The highest BCUT2D eigenvalue weighted by atomic mass is 32.1. The third-order valence-corrected chi connectivity index (χ3v) is 6.34. The molecule has 25 heavy (non-hydrogen) atoms. The standard InChI is InChI=1S/C20H24N2O2S/c1-2-14-3-5-16(6-4-14)19-17(9-12-25-19)21-20(23)24-18-13-22-10-7-15(18)8-11-22/h3-6,9,12,15,18H,2,7-8,10-11,13H2,1H3,(H,21,23). The first-order valence-electron chi connectivity index (χ1n) is 9.09. The molecule has 1 unspecified atom stereocenters. The second-order valence-electron chi connectivity index (χ2n) is 6.92. The van der Waals surface area contributed by atoms with Gasteiger partial charge in [0.1, 0.15) is 6.10 Å². The zero-order valence-electron chi connectivity index (χ0n) is 14.5. The Balaban J connectivity index is 1.42. The number of nitrogens with one attached hydrogen (secondary N) is 1. The molecule has 0 saturated carbocycles. The van der Waals surface area contributed by atoms with Gasteiger partial charge in [-0.15, -0.1) is 11.3 Å². The molecule has 4 heterocycles. The Morgan fingerprint density at radius 1 is 1.24 bits per heavy atom. The third kappa shape index (κ3) is 3.58. The van der Waals surface area contributed by atoms with Crippen molar-refractivity contribution in [3.63, 3.8) is 0 Å². The number of carbonyl (C=O) groups is 1. The second kappa shape index (κ2) is 7.18. The number of nitrogens with zero attached hydrogens (tertiary/aromatic N) is 1. The molecule has 3 aliphatic heterocycles. The minimum Gasteiger partial charge on any atom is -0.444 e. The van der Waals surface area contributed by atoms with E-state index in [9.17, 15) is 4.79 Å². The number of piperidine rings is 3.